The minimum atomic E-state index is -0.910. The van der Waals surface area contributed by atoms with Crippen LogP contribution in [0.25, 0.3) is 21.3 Å². The first-order valence-corrected chi connectivity index (χ1v) is 14.2. The highest BCUT2D eigenvalue weighted by Gasteiger charge is 2.46. The molecule has 1 saturated heterocycles. The summed E-state index contributed by atoms with van der Waals surface area (Å²) in [6, 6.07) is 5.55. The molecule has 0 radical (unpaired) electrons. The van der Waals surface area contributed by atoms with Gasteiger partial charge in [-0.2, -0.15) is 0 Å². The Hall–Kier alpha value is -2.73. The first kappa shape index (κ1) is 30.2. The van der Waals surface area contributed by atoms with Crippen molar-refractivity contribution >= 4 is 40.6 Å². The van der Waals surface area contributed by atoms with E-state index in [0.717, 1.165) is 0 Å². The van der Waals surface area contributed by atoms with E-state index in [-0.39, 0.29) is 35.2 Å². The lowest BCUT2D eigenvalue weighted by molar-refractivity contribution is -0.0637. The SMILES string of the molecule is CC(C)Oc1ccc(-c2nnc(-c3cc(F)c(OCC4COC(C)(C)N4C(=O)OC(C)(C)C)cc3Cl)s2)nc1Cl. The fourth-order valence-corrected chi connectivity index (χ4v) is 5.33. The minimum Gasteiger partial charge on any atom is -0.488 e. The summed E-state index contributed by atoms with van der Waals surface area (Å²) in [5.74, 6) is -0.246. The van der Waals surface area contributed by atoms with E-state index in [9.17, 15) is 4.79 Å². The largest absolute Gasteiger partial charge is 0.488 e. The van der Waals surface area contributed by atoms with Gasteiger partial charge in [0.25, 0.3) is 0 Å². The summed E-state index contributed by atoms with van der Waals surface area (Å²) in [5, 5.41) is 9.64. The average Bonchev–Trinajstić information content (AvgIpc) is 3.43. The number of rotatable bonds is 7. The molecule has 216 valence electrons. The predicted molar refractivity (Wildman–Crippen MR) is 152 cm³/mol. The molecule has 1 aliphatic rings. The van der Waals surface area contributed by atoms with Crippen LogP contribution in [0, 0.1) is 5.82 Å². The maximum atomic E-state index is 15.1. The van der Waals surface area contributed by atoms with Crippen LogP contribution >= 0.6 is 34.5 Å². The van der Waals surface area contributed by atoms with Crippen LogP contribution in [0.1, 0.15) is 48.5 Å². The average molecular weight is 614 g/mol. The first-order chi connectivity index (χ1) is 18.6. The maximum absolute atomic E-state index is 15.1. The van der Waals surface area contributed by atoms with E-state index in [0.29, 0.717) is 27.0 Å². The van der Waals surface area contributed by atoms with Gasteiger partial charge in [0.1, 0.15) is 28.6 Å². The van der Waals surface area contributed by atoms with Crippen LogP contribution in [-0.2, 0) is 9.47 Å². The molecule has 1 amide bonds. The number of nitrogens with zero attached hydrogens (tertiary/aromatic N) is 4. The van der Waals surface area contributed by atoms with Crippen molar-refractivity contribution in [3.05, 3.63) is 40.3 Å². The van der Waals surface area contributed by atoms with E-state index in [2.05, 4.69) is 15.2 Å². The van der Waals surface area contributed by atoms with Crippen LogP contribution in [0.2, 0.25) is 10.2 Å². The lowest BCUT2D eigenvalue weighted by Crippen LogP contribution is -2.51. The number of amides is 1. The maximum Gasteiger partial charge on any atom is 0.413 e. The highest BCUT2D eigenvalue weighted by atomic mass is 35.5. The van der Waals surface area contributed by atoms with Crippen molar-refractivity contribution < 1.29 is 28.1 Å². The third kappa shape index (κ3) is 6.94. The van der Waals surface area contributed by atoms with Gasteiger partial charge < -0.3 is 18.9 Å². The Bertz CT molecular complexity index is 1400. The molecule has 0 spiro atoms. The number of pyridine rings is 1. The molecule has 1 aromatic carbocycles. The molecular weight excluding hydrogens is 582 g/mol. The number of carbonyl (C=O) groups is 1. The molecule has 0 saturated carbocycles. The minimum absolute atomic E-state index is 0.0266. The Kier molecular flexibility index (Phi) is 8.79. The first-order valence-electron chi connectivity index (χ1n) is 12.6. The predicted octanol–water partition coefficient (Wildman–Crippen LogP) is 7.25. The van der Waals surface area contributed by atoms with Crippen molar-refractivity contribution in [2.24, 2.45) is 0 Å². The molecule has 0 bridgehead atoms. The monoisotopic (exact) mass is 612 g/mol. The third-order valence-corrected chi connectivity index (χ3v) is 7.23. The van der Waals surface area contributed by atoms with E-state index >= 15 is 4.39 Å². The molecule has 1 aliphatic heterocycles. The summed E-state index contributed by atoms with van der Waals surface area (Å²) < 4.78 is 37.8. The Labute approximate surface area is 246 Å². The van der Waals surface area contributed by atoms with Crippen molar-refractivity contribution in [2.45, 2.75) is 71.9 Å². The molecule has 9 nitrogen and oxygen atoms in total. The van der Waals surface area contributed by atoms with E-state index in [1.165, 1.54) is 28.4 Å². The molecule has 4 rings (SSSR count). The highest BCUT2D eigenvalue weighted by Crippen LogP contribution is 2.38. The standard InChI is InChI=1S/C27H31Cl2FN4O5S/c1-14(2)38-20-9-8-19(31-22(20)29)24-33-32-23(40-24)16-10-18(30)21(11-17(16)28)36-12-15-13-37-27(6,7)34(15)25(35)39-26(3,4)5/h8-11,14-15H,12-13H2,1-7H3. The number of hydrogen-bond acceptors (Lipinski definition) is 9. The van der Waals surface area contributed by atoms with Gasteiger partial charge in [-0.05, 0) is 66.7 Å². The van der Waals surface area contributed by atoms with Crippen LogP contribution in [0.4, 0.5) is 9.18 Å². The second-order valence-electron chi connectivity index (χ2n) is 10.9. The molecule has 2 aromatic heterocycles. The second-order valence-corrected chi connectivity index (χ2v) is 12.6. The zero-order chi connectivity index (χ0) is 29.4. The summed E-state index contributed by atoms with van der Waals surface area (Å²) >= 11 is 14.0. The lowest BCUT2D eigenvalue weighted by Gasteiger charge is -2.35. The zero-order valence-electron chi connectivity index (χ0n) is 23.3. The van der Waals surface area contributed by atoms with Gasteiger partial charge in [-0.25, -0.2) is 14.2 Å². The summed E-state index contributed by atoms with van der Waals surface area (Å²) in [4.78, 5) is 18.7. The van der Waals surface area contributed by atoms with Gasteiger partial charge in [-0.15, -0.1) is 10.2 Å². The summed E-state index contributed by atoms with van der Waals surface area (Å²) in [6.07, 6.45) is -0.591. The molecule has 0 N–H and O–H groups in total. The van der Waals surface area contributed by atoms with Crippen LogP contribution in [0.3, 0.4) is 0 Å². The lowest BCUT2D eigenvalue weighted by atomic mass is 10.2. The summed E-state index contributed by atoms with van der Waals surface area (Å²) in [5.41, 5.74) is -0.749. The Morgan fingerprint density at radius 1 is 1.20 bits per heavy atom. The molecule has 13 heteroatoms. The normalized spacial score (nSPS) is 16.9. The van der Waals surface area contributed by atoms with Gasteiger partial charge in [0, 0.05) is 11.6 Å². The van der Waals surface area contributed by atoms with Crippen molar-refractivity contribution in [2.75, 3.05) is 13.2 Å². The molecule has 1 fully saturated rings. The van der Waals surface area contributed by atoms with Gasteiger partial charge in [-0.1, -0.05) is 34.5 Å². The van der Waals surface area contributed by atoms with Crippen molar-refractivity contribution in [1.29, 1.82) is 0 Å². The van der Waals surface area contributed by atoms with Gasteiger partial charge in [0.05, 0.1) is 23.8 Å². The quantitative estimate of drug-likeness (QED) is 0.257. The van der Waals surface area contributed by atoms with Crippen LogP contribution < -0.4 is 9.47 Å². The molecule has 40 heavy (non-hydrogen) atoms. The van der Waals surface area contributed by atoms with Gasteiger partial charge in [-0.3, -0.25) is 4.90 Å². The van der Waals surface area contributed by atoms with Gasteiger partial charge >= 0.3 is 6.09 Å². The van der Waals surface area contributed by atoms with Gasteiger partial charge in [0.15, 0.2) is 27.5 Å². The van der Waals surface area contributed by atoms with E-state index in [4.69, 9.17) is 42.1 Å². The Balaban J connectivity index is 1.49. The van der Waals surface area contributed by atoms with E-state index in [1.807, 2.05) is 13.8 Å². The fourth-order valence-electron chi connectivity index (χ4n) is 3.99. The number of ether oxygens (including phenoxy) is 4. The molecule has 1 unspecified atom stereocenters. The molecule has 1 atom stereocenters. The van der Waals surface area contributed by atoms with Crippen LogP contribution in [0.15, 0.2) is 24.3 Å². The number of benzene rings is 1. The van der Waals surface area contributed by atoms with Crippen molar-refractivity contribution in [3.8, 4) is 32.8 Å². The van der Waals surface area contributed by atoms with E-state index in [1.54, 1.807) is 46.8 Å². The highest BCUT2D eigenvalue weighted by molar-refractivity contribution is 7.18. The number of carbonyl (C=O) groups excluding carboxylic acids is 1. The number of halogens is 3. The smallest absolute Gasteiger partial charge is 0.413 e. The summed E-state index contributed by atoms with van der Waals surface area (Å²) in [7, 11) is 0. The fraction of sp³-hybridized carbons (Fsp3) is 0.481. The molecule has 3 heterocycles. The zero-order valence-corrected chi connectivity index (χ0v) is 25.6. The topological polar surface area (TPSA) is 95.9 Å². The van der Waals surface area contributed by atoms with Crippen molar-refractivity contribution in [1.82, 2.24) is 20.1 Å². The van der Waals surface area contributed by atoms with Crippen molar-refractivity contribution in [3.63, 3.8) is 0 Å². The van der Waals surface area contributed by atoms with Crippen LogP contribution in [0.5, 0.6) is 11.5 Å². The number of hydrogen-bond donors (Lipinski definition) is 0. The van der Waals surface area contributed by atoms with Crippen LogP contribution in [-0.4, -0.2) is 62.9 Å². The third-order valence-electron chi connectivity index (χ3n) is 5.67. The molecular formula is C27H31Cl2FN4O5S. The summed E-state index contributed by atoms with van der Waals surface area (Å²) in [6.45, 7) is 12.8. The molecule has 3 aromatic rings. The second kappa shape index (κ2) is 11.6. The molecule has 0 aliphatic carbocycles. The Morgan fingerprint density at radius 3 is 2.55 bits per heavy atom. The van der Waals surface area contributed by atoms with Gasteiger partial charge in [0.2, 0.25) is 0 Å². The number of aromatic nitrogens is 3. The Morgan fingerprint density at radius 2 is 1.90 bits per heavy atom. The van der Waals surface area contributed by atoms with E-state index < -0.39 is 29.3 Å².